The van der Waals surface area contributed by atoms with Crippen LogP contribution in [0.15, 0.2) is 59.0 Å². The van der Waals surface area contributed by atoms with Gasteiger partial charge in [0.1, 0.15) is 5.75 Å². The Bertz CT molecular complexity index is 836. The average Bonchev–Trinajstić information content (AvgIpc) is 3.11. The Morgan fingerprint density at radius 2 is 1.84 bits per heavy atom. The molecule has 0 aliphatic heterocycles. The van der Waals surface area contributed by atoms with Gasteiger partial charge in [0.15, 0.2) is 6.61 Å². The number of halogens is 1. The number of nitrogens with zero attached hydrogens (tertiary/aromatic N) is 2. The first-order valence-electron chi connectivity index (χ1n) is 7.74. The van der Waals surface area contributed by atoms with E-state index in [1.54, 1.807) is 24.3 Å². The van der Waals surface area contributed by atoms with Crippen LogP contribution in [0.1, 0.15) is 5.89 Å². The minimum absolute atomic E-state index is 0.108. The Hall–Kier alpha value is -2.86. The first-order chi connectivity index (χ1) is 12.2. The predicted octanol–water partition coefficient (Wildman–Crippen LogP) is 3.13. The first kappa shape index (κ1) is 17.0. The molecule has 0 radical (unpaired) electrons. The van der Waals surface area contributed by atoms with Crippen molar-refractivity contribution in [2.24, 2.45) is 0 Å². The van der Waals surface area contributed by atoms with Gasteiger partial charge in [-0.3, -0.25) is 4.79 Å². The number of para-hydroxylation sites is 1. The molecule has 6 nitrogen and oxygen atoms in total. The minimum Gasteiger partial charge on any atom is -0.482 e. The van der Waals surface area contributed by atoms with E-state index in [0.717, 1.165) is 5.56 Å². The molecule has 128 valence electrons. The number of hydrogen-bond donors (Lipinski definition) is 1. The van der Waals surface area contributed by atoms with Crippen LogP contribution in [0, 0.1) is 0 Å². The van der Waals surface area contributed by atoms with E-state index in [4.69, 9.17) is 20.8 Å². The van der Waals surface area contributed by atoms with E-state index in [2.05, 4.69) is 15.5 Å². The summed E-state index contributed by atoms with van der Waals surface area (Å²) >= 11 is 5.96. The van der Waals surface area contributed by atoms with E-state index in [9.17, 15) is 4.79 Å². The van der Waals surface area contributed by atoms with Gasteiger partial charge in [-0.1, -0.05) is 41.9 Å². The minimum atomic E-state index is -0.247. The molecule has 3 rings (SSSR count). The van der Waals surface area contributed by atoms with Gasteiger partial charge in [0.2, 0.25) is 11.8 Å². The number of carbonyl (C=O) groups excluding carboxylic acids is 1. The molecule has 0 aliphatic carbocycles. The maximum absolute atomic E-state index is 11.8. The average molecular weight is 358 g/mol. The summed E-state index contributed by atoms with van der Waals surface area (Å²) in [5.41, 5.74) is 0.860. The molecule has 1 heterocycles. The quantitative estimate of drug-likeness (QED) is 0.703. The second-order valence-electron chi connectivity index (χ2n) is 5.19. The monoisotopic (exact) mass is 357 g/mol. The lowest BCUT2D eigenvalue weighted by atomic mass is 10.2. The molecule has 0 aliphatic rings. The largest absolute Gasteiger partial charge is 0.482 e. The molecule has 25 heavy (non-hydrogen) atoms. The fraction of sp³-hybridized carbons (Fsp3) is 0.167. The van der Waals surface area contributed by atoms with Crippen LogP contribution in [0.4, 0.5) is 0 Å². The van der Waals surface area contributed by atoms with Gasteiger partial charge in [0, 0.05) is 18.5 Å². The molecule has 0 spiro atoms. The van der Waals surface area contributed by atoms with Gasteiger partial charge in [-0.05, 0) is 24.3 Å². The fourth-order valence-electron chi connectivity index (χ4n) is 2.12. The van der Waals surface area contributed by atoms with Crippen LogP contribution in [0.5, 0.6) is 5.75 Å². The van der Waals surface area contributed by atoms with Crippen molar-refractivity contribution < 1.29 is 13.9 Å². The molecule has 0 atom stereocenters. The summed E-state index contributed by atoms with van der Waals surface area (Å²) in [6.07, 6.45) is 0.442. The van der Waals surface area contributed by atoms with Gasteiger partial charge in [-0.2, -0.15) is 0 Å². The molecular weight excluding hydrogens is 342 g/mol. The normalized spacial score (nSPS) is 10.4. The number of hydrogen-bond acceptors (Lipinski definition) is 5. The van der Waals surface area contributed by atoms with E-state index in [1.165, 1.54) is 0 Å². The van der Waals surface area contributed by atoms with Gasteiger partial charge >= 0.3 is 0 Å². The highest BCUT2D eigenvalue weighted by molar-refractivity contribution is 6.32. The number of ether oxygens (including phenoxy) is 1. The summed E-state index contributed by atoms with van der Waals surface area (Å²) < 4.78 is 10.9. The van der Waals surface area contributed by atoms with Crippen LogP contribution >= 0.6 is 11.6 Å². The molecule has 1 aromatic heterocycles. The Morgan fingerprint density at radius 3 is 2.64 bits per heavy atom. The number of nitrogens with one attached hydrogen (secondary N) is 1. The Morgan fingerprint density at radius 1 is 1.08 bits per heavy atom. The van der Waals surface area contributed by atoms with Crippen molar-refractivity contribution in [3.05, 3.63) is 65.5 Å². The summed E-state index contributed by atoms with van der Waals surface area (Å²) in [6.45, 7) is 0.268. The molecule has 7 heteroatoms. The van der Waals surface area contributed by atoms with Crippen molar-refractivity contribution in [2.45, 2.75) is 6.42 Å². The molecule has 0 saturated heterocycles. The van der Waals surface area contributed by atoms with E-state index in [-0.39, 0.29) is 12.5 Å². The number of aromatic nitrogens is 2. The van der Waals surface area contributed by atoms with Crippen molar-refractivity contribution in [3.63, 3.8) is 0 Å². The molecule has 3 aromatic rings. The third-order valence-corrected chi connectivity index (χ3v) is 3.66. The van der Waals surface area contributed by atoms with Gasteiger partial charge in [-0.25, -0.2) is 0 Å². The van der Waals surface area contributed by atoms with E-state index in [1.807, 2.05) is 30.3 Å². The number of benzene rings is 2. The summed E-state index contributed by atoms with van der Waals surface area (Å²) in [5.74, 6) is 1.15. The first-order valence-corrected chi connectivity index (χ1v) is 8.12. The number of rotatable bonds is 7. The zero-order chi connectivity index (χ0) is 17.5. The summed E-state index contributed by atoms with van der Waals surface area (Å²) in [4.78, 5) is 11.8. The number of carbonyl (C=O) groups is 1. The highest BCUT2D eigenvalue weighted by atomic mass is 35.5. The molecule has 0 fully saturated rings. The highest BCUT2D eigenvalue weighted by Gasteiger charge is 2.09. The van der Waals surface area contributed by atoms with Gasteiger partial charge < -0.3 is 14.5 Å². The zero-order valence-corrected chi connectivity index (χ0v) is 14.1. The van der Waals surface area contributed by atoms with Gasteiger partial charge in [0.25, 0.3) is 5.91 Å². The van der Waals surface area contributed by atoms with Crippen LogP contribution in [0.3, 0.4) is 0 Å². The summed E-state index contributed by atoms with van der Waals surface area (Å²) in [7, 11) is 0. The summed E-state index contributed by atoms with van der Waals surface area (Å²) in [6, 6.07) is 16.5. The van der Waals surface area contributed by atoms with E-state index < -0.39 is 0 Å². The van der Waals surface area contributed by atoms with Crippen molar-refractivity contribution in [1.82, 2.24) is 15.5 Å². The van der Waals surface area contributed by atoms with Crippen molar-refractivity contribution in [2.75, 3.05) is 13.2 Å². The van der Waals surface area contributed by atoms with Gasteiger partial charge in [-0.15, -0.1) is 10.2 Å². The molecular formula is C18H16ClN3O3. The van der Waals surface area contributed by atoms with Crippen LogP contribution in [-0.4, -0.2) is 29.3 Å². The van der Waals surface area contributed by atoms with Crippen molar-refractivity contribution in [1.29, 1.82) is 0 Å². The highest BCUT2D eigenvalue weighted by Crippen LogP contribution is 2.22. The van der Waals surface area contributed by atoms with Gasteiger partial charge in [0.05, 0.1) is 5.02 Å². The van der Waals surface area contributed by atoms with E-state index >= 15 is 0 Å². The Kier molecular flexibility index (Phi) is 5.64. The third kappa shape index (κ3) is 4.81. The van der Waals surface area contributed by atoms with Crippen LogP contribution < -0.4 is 10.1 Å². The van der Waals surface area contributed by atoms with Crippen LogP contribution in [0.25, 0.3) is 11.5 Å². The molecule has 1 N–H and O–H groups in total. The lowest BCUT2D eigenvalue weighted by Crippen LogP contribution is -2.30. The van der Waals surface area contributed by atoms with E-state index in [0.29, 0.717) is 35.5 Å². The lowest BCUT2D eigenvalue weighted by Gasteiger charge is -2.07. The molecule has 0 unspecified atom stereocenters. The third-order valence-electron chi connectivity index (χ3n) is 3.34. The molecule has 1 amide bonds. The predicted molar refractivity (Wildman–Crippen MR) is 93.4 cm³/mol. The smallest absolute Gasteiger partial charge is 0.257 e. The maximum Gasteiger partial charge on any atom is 0.257 e. The van der Waals surface area contributed by atoms with Crippen molar-refractivity contribution in [3.8, 4) is 17.2 Å². The number of amides is 1. The molecule has 2 aromatic carbocycles. The second kappa shape index (κ2) is 8.30. The Balaban J connectivity index is 1.43. The van der Waals surface area contributed by atoms with Crippen LogP contribution in [-0.2, 0) is 11.2 Å². The standard InChI is InChI=1S/C18H16ClN3O3/c19-14-8-4-5-9-15(14)24-12-16(23)20-11-10-17-21-22-18(25-17)13-6-2-1-3-7-13/h1-9H,10-12H2,(H,20,23). The SMILES string of the molecule is O=C(COc1ccccc1Cl)NCCc1nnc(-c2ccccc2)o1. The Labute approximate surface area is 149 Å². The van der Waals surface area contributed by atoms with Crippen LogP contribution in [0.2, 0.25) is 5.02 Å². The molecule has 0 bridgehead atoms. The zero-order valence-electron chi connectivity index (χ0n) is 13.3. The van der Waals surface area contributed by atoms with Crippen molar-refractivity contribution >= 4 is 17.5 Å². The topological polar surface area (TPSA) is 77.2 Å². The maximum atomic E-state index is 11.8. The summed E-state index contributed by atoms with van der Waals surface area (Å²) in [5, 5.41) is 11.2. The fourth-order valence-corrected chi connectivity index (χ4v) is 2.31. The molecule has 0 saturated carbocycles. The second-order valence-corrected chi connectivity index (χ2v) is 5.59. The lowest BCUT2D eigenvalue weighted by molar-refractivity contribution is -0.123.